The summed E-state index contributed by atoms with van der Waals surface area (Å²) in [7, 11) is 0. The second-order valence-electron chi connectivity index (χ2n) is 6.08. The molecule has 0 fully saturated rings. The molecule has 1 aliphatic rings. The van der Waals surface area contributed by atoms with Gasteiger partial charge in [0.05, 0.1) is 0 Å². The largest absolute Gasteiger partial charge is 0.0673 e. The zero-order valence-corrected chi connectivity index (χ0v) is 12.0. The van der Waals surface area contributed by atoms with Gasteiger partial charge in [-0.3, -0.25) is 0 Å². The molecule has 96 valence electrons. The quantitative estimate of drug-likeness (QED) is 0.675. The molecule has 0 radical (unpaired) electrons. The van der Waals surface area contributed by atoms with Crippen molar-refractivity contribution >= 4 is 0 Å². The molecule has 0 aromatic heterocycles. The average Bonchev–Trinajstić information content (AvgIpc) is 2.40. The Hall–Kier alpha value is -1.30. The first-order valence-corrected chi connectivity index (χ1v) is 6.97. The zero-order chi connectivity index (χ0) is 13.2. The Labute approximate surface area is 111 Å². The Morgan fingerprint density at radius 2 is 1.61 bits per heavy atom. The maximum atomic E-state index is 2.35. The fourth-order valence-electron chi connectivity index (χ4n) is 2.70. The SMILES string of the molecule is CC(C)C1=CC=C(C(C)(C)c2ccccc2)CC1. The van der Waals surface area contributed by atoms with Gasteiger partial charge in [-0.05, 0) is 24.3 Å². The molecule has 0 unspecified atom stereocenters. The lowest BCUT2D eigenvalue weighted by atomic mass is 9.73. The van der Waals surface area contributed by atoms with Crippen LogP contribution in [0.2, 0.25) is 0 Å². The van der Waals surface area contributed by atoms with Crippen molar-refractivity contribution in [2.24, 2.45) is 5.92 Å². The molecule has 1 aromatic carbocycles. The number of allylic oxidation sites excluding steroid dienone is 4. The summed E-state index contributed by atoms with van der Waals surface area (Å²) >= 11 is 0. The highest BCUT2D eigenvalue weighted by Crippen LogP contribution is 2.37. The lowest BCUT2D eigenvalue weighted by Gasteiger charge is -2.31. The van der Waals surface area contributed by atoms with Crippen molar-refractivity contribution in [3.63, 3.8) is 0 Å². The molecule has 0 N–H and O–H groups in total. The standard InChI is InChI=1S/C18H24/c1-14(2)15-10-12-17(13-11-15)18(3,4)16-8-6-5-7-9-16/h5-10,12,14H,11,13H2,1-4H3. The van der Waals surface area contributed by atoms with Crippen LogP contribution in [0, 0.1) is 5.92 Å². The first-order chi connectivity index (χ1) is 8.51. The van der Waals surface area contributed by atoms with Gasteiger partial charge in [-0.25, -0.2) is 0 Å². The second kappa shape index (κ2) is 5.14. The van der Waals surface area contributed by atoms with Gasteiger partial charge < -0.3 is 0 Å². The number of rotatable bonds is 3. The number of benzene rings is 1. The molecule has 1 aromatic rings. The van der Waals surface area contributed by atoms with Gasteiger partial charge in [0.15, 0.2) is 0 Å². The minimum Gasteiger partial charge on any atom is -0.0673 e. The van der Waals surface area contributed by atoms with Crippen molar-refractivity contribution in [3.05, 3.63) is 59.2 Å². The second-order valence-corrected chi connectivity index (χ2v) is 6.08. The molecule has 1 aliphatic carbocycles. The van der Waals surface area contributed by atoms with Crippen LogP contribution in [0.5, 0.6) is 0 Å². The van der Waals surface area contributed by atoms with Gasteiger partial charge in [-0.2, -0.15) is 0 Å². The highest BCUT2D eigenvalue weighted by Gasteiger charge is 2.26. The van der Waals surface area contributed by atoms with E-state index in [4.69, 9.17) is 0 Å². The van der Waals surface area contributed by atoms with Gasteiger partial charge in [-0.15, -0.1) is 0 Å². The van der Waals surface area contributed by atoms with Crippen LogP contribution < -0.4 is 0 Å². The predicted octanol–water partition coefficient (Wildman–Crippen LogP) is 5.27. The Balaban J connectivity index is 2.28. The molecule has 0 atom stereocenters. The molecule has 0 bridgehead atoms. The lowest BCUT2D eigenvalue weighted by Crippen LogP contribution is -2.21. The van der Waals surface area contributed by atoms with Crippen molar-refractivity contribution < 1.29 is 0 Å². The van der Waals surface area contributed by atoms with Crippen molar-refractivity contribution in [3.8, 4) is 0 Å². The maximum Gasteiger partial charge on any atom is 0.0108 e. The molecule has 0 heteroatoms. The third-order valence-electron chi connectivity index (χ3n) is 4.22. The van der Waals surface area contributed by atoms with Crippen molar-refractivity contribution in [2.75, 3.05) is 0 Å². The summed E-state index contributed by atoms with van der Waals surface area (Å²) in [6.07, 6.45) is 7.12. The van der Waals surface area contributed by atoms with Gasteiger partial charge >= 0.3 is 0 Å². The van der Waals surface area contributed by atoms with E-state index in [1.165, 1.54) is 18.4 Å². The molecule has 18 heavy (non-hydrogen) atoms. The Morgan fingerprint density at radius 3 is 2.11 bits per heavy atom. The molecule has 0 heterocycles. The first-order valence-electron chi connectivity index (χ1n) is 6.97. The van der Waals surface area contributed by atoms with Gasteiger partial charge in [0.1, 0.15) is 0 Å². The molecule has 0 amide bonds. The molecule has 0 nitrogen and oxygen atoms in total. The molecule has 0 spiro atoms. The minimum atomic E-state index is 0.153. The summed E-state index contributed by atoms with van der Waals surface area (Å²) < 4.78 is 0. The van der Waals surface area contributed by atoms with Crippen LogP contribution in [0.4, 0.5) is 0 Å². The van der Waals surface area contributed by atoms with E-state index in [0.717, 1.165) is 0 Å². The molecule has 0 saturated carbocycles. The highest BCUT2D eigenvalue weighted by molar-refractivity contribution is 5.39. The summed E-state index contributed by atoms with van der Waals surface area (Å²) in [4.78, 5) is 0. The third kappa shape index (κ3) is 2.58. The molecule has 0 aliphatic heterocycles. The summed E-state index contributed by atoms with van der Waals surface area (Å²) in [5, 5.41) is 0. The first kappa shape index (κ1) is 13.1. The summed E-state index contributed by atoms with van der Waals surface area (Å²) in [6, 6.07) is 10.8. The highest BCUT2D eigenvalue weighted by atomic mass is 14.3. The van der Waals surface area contributed by atoms with Crippen LogP contribution >= 0.6 is 0 Å². The van der Waals surface area contributed by atoms with E-state index >= 15 is 0 Å². The van der Waals surface area contributed by atoms with Gasteiger partial charge in [-0.1, -0.05) is 81.3 Å². The molecule has 0 saturated heterocycles. The third-order valence-corrected chi connectivity index (χ3v) is 4.22. The smallest absolute Gasteiger partial charge is 0.0108 e. The van der Waals surface area contributed by atoms with Gasteiger partial charge in [0.25, 0.3) is 0 Å². The summed E-state index contributed by atoms with van der Waals surface area (Å²) in [5.74, 6) is 0.683. The van der Waals surface area contributed by atoms with E-state index in [1.807, 2.05) is 0 Å². The minimum absolute atomic E-state index is 0.153. The van der Waals surface area contributed by atoms with Crippen molar-refractivity contribution in [2.45, 2.75) is 46.0 Å². The topological polar surface area (TPSA) is 0 Å². The maximum absolute atomic E-state index is 2.35. The molecular weight excluding hydrogens is 216 g/mol. The lowest BCUT2D eigenvalue weighted by molar-refractivity contribution is 0.574. The van der Waals surface area contributed by atoms with Crippen LogP contribution in [0.25, 0.3) is 0 Å². The van der Waals surface area contributed by atoms with Crippen LogP contribution in [0.3, 0.4) is 0 Å². The Morgan fingerprint density at radius 1 is 0.944 bits per heavy atom. The van der Waals surface area contributed by atoms with E-state index < -0.39 is 0 Å². The van der Waals surface area contributed by atoms with E-state index in [0.29, 0.717) is 5.92 Å². The van der Waals surface area contributed by atoms with E-state index in [-0.39, 0.29) is 5.41 Å². The normalized spacial score (nSPS) is 16.5. The van der Waals surface area contributed by atoms with E-state index in [1.54, 1.807) is 11.1 Å². The summed E-state index contributed by atoms with van der Waals surface area (Å²) in [5.41, 5.74) is 4.71. The van der Waals surface area contributed by atoms with Crippen molar-refractivity contribution in [1.29, 1.82) is 0 Å². The number of hydrogen-bond acceptors (Lipinski definition) is 0. The Bertz CT molecular complexity index is 458. The predicted molar refractivity (Wildman–Crippen MR) is 79.7 cm³/mol. The van der Waals surface area contributed by atoms with Crippen LogP contribution in [-0.2, 0) is 5.41 Å². The fourth-order valence-corrected chi connectivity index (χ4v) is 2.70. The number of hydrogen-bond donors (Lipinski definition) is 0. The van der Waals surface area contributed by atoms with Crippen LogP contribution in [0.1, 0.15) is 46.1 Å². The van der Waals surface area contributed by atoms with Gasteiger partial charge in [0.2, 0.25) is 0 Å². The van der Waals surface area contributed by atoms with Gasteiger partial charge in [0, 0.05) is 5.41 Å². The van der Waals surface area contributed by atoms with E-state index in [9.17, 15) is 0 Å². The summed E-state index contributed by atoms with van der Waals surface area (Å²) in [6.45, 7) is 9.24. The molecular formula is C18H24. The van der Waals surface area contributed by atoms with Crippen LogP contribution in [0.15, 0.2) is 53.6 Å². The fraction of sp³-hybridized carbons (Fsp3) is 0.444. The van der Waals surface area contributed by atoms with Crippen LogP contribution in [-0.4, -0.2) is 0 Å². The zero-order valence-electron chi connectivity index (χ0n) is 12.0. The van der Waals surface area contributed by atoms with Crippen molar-refractivity contribution in [1.82, 2.24) is 0 Å². The molecule has 2 rings (SSSR count). The Kier molecular flexibility index (Phi) is 3.75. The van der Waals surface area contributed by atoms with E-state index in [2.05, 4.69) is 70.2 Å². The monoisotopic (exact) mass is 240 g/mol. The average molecular weight is 240 g/mol.